The number of ether oxygens (including phenoxy) is 1. The number of amides is 1. The molecule has 4 heteroatoms. The second kappa shape index (κ2) is 7.50. The maximum absolute atomic E-state index is 11.6. The van der Waals surface area contributed by atoms with Crippen molar-refractivity contribution in [1.29, 1.82) is 0 Å². The van der Waals surface area contributed by atoms with E-state index in [1.807, 2.05) is 37.3 Å². The van der Waals surface area contributed by atoms with Crippen molar-refractivity contribution < 1.29 is 13.9 Å². The second-order valence-corrected chi connectivity index (χ2v) is 4.51. The summed E-state index contributed by atoms with van der Waals surface area (Å²) in [5, 5.41) is 2.79. The van der Waals surface area contributed by atoms with Crippen LogP contribution in [0.15, 0.2) is 53.1 Å². The van der Waals surface area contributed by atoms with Crippen molar-refractivity contribution in [3.05, 3.63) is 60.1 Å². The topological polar surface area (TPSA) is 51.5 Å². The number of hydrogen-bond donors (Lipinski definition) is 1. The largest absolute Gasteiger partial charge is 0.459 e. The Morgan fingerprint density at radius 2 is 2.05 bits per heavy atom. The smallest absolute Gasteiger partial charge is 0.286 e. The first-order valence-electron chi connectivity index (χ1n) is 6.75. The van der Waals surface area contributed by atoms with Crippen LogP contribution in [0, 0.1) is 0 Å². The average molecular weight is 273 g/mol. The number of hydrogen-bond acceptors (Lipinski definition) is 3. The van der Waals surface area contributed by atoms with Crippen LogP contribution in [0.3, 0.4) is 0 Å². The van der Waals surface area contributed by atoms with Crippen molar-refractivity contribution >= 4 is 5.91 Å². The SMILES string of the molecule is CC(OCCCNC(=O)c1ccco1)c1ccccc1. The molecule has 0 saturated carbocycles. The van der Waals surface area contributed by atoms with Crippen molar-refractivity contribution in [2.75, 3.05) is 13.2 Å². The van der Waals surface area contributed by atoms with Gasteiger partial charge in [0.1, 0.15) is 0 Å². The van der Waals surface area contributed by atoms with Gasteiger partial charge in [0.05, 0.1) is 12.4 Å². The molecule has 4 nitrogen and oxygen atoms in total. The van der Waals surface area contributed by atoms with Crippen LogP contribution in [0.2, 0.25) is 0 Å². The van der Waals surface area contributed by atoms with Gasteiger partial charge in [0.2, 0.25) is 0 Å². The van der Waals surface area contributed by atoms with Crippen molar-refractivity contribution in [2.24, 2.45) is 0 Å². The molecule has 1 aromatic carbocycles. The average Bonchev–Trinajstić information content (AvgIpc) is 3.01. The Labute approximate surface area is 118 Å². The third kappa shape index (κ3) is 4.24. The normalized spacial score (nSPS) is 12.1. The van der Waals surface area contributed by atoms with E-state index < -0.39 is 0 Å². The fraction of sp³-hybridized carbons (Fsp3) is 0.312. The Hall–Kier alpha value is -2.07. The van der Waals surface area contributed by atoms with E-state index >= 15 is 0 Å². The third-order valence-electron chi connectivity index (χ3n) is 2.99. The zero-order valence-corrected chi connectivity index (χ0v) is 11.5. The van der Waals surface area contributed by atoms with E-state index in [9.17, 15) is 4.79 Å². The van der Waals surface area contributed by atoms with E-state index in [1.54, 1.807) is 12.1 Å². The van der Waals surface area contributed by atoms with Gasteiger partial charge in [-0.25, -0.2) is 0 Å². The summed E-state index contributed by atoms with van der Waals surface area (Å²) in [6.45, 7) is 3.20. The molecule has 0 radical (unpaired) electrons. The van der Waals surface area contributed by atoms with Gasteiger partial charge in [0, 0.05) is 13.2 Å². The van der Waals surface area contributed by atoms with Crippen LogP contribution in [-0.4, -0.2) is 19.1 Å². The molecule has 2 rings (SSSR count). The molecule has 0 aliphatic rings. The molecule has 0 aliphatic carbocycles. The highest BCUT2D eigenvalue weighted by molar-refractivity contribution is 5.91. The predicted octanol–water partition coefficient (Wildman–Crippen LogP) is 3.18. The van der Waals surface area contributed by atoms with Gasteiger partial charge in [0.15, 0.2) is 5.76 Å². The van der Waals surface area contributed by atoms with E-state index in [1.165, 1.54) is 6.26 Å². The summed E-state index contributed by atoms with van der Waals surface area (Å²) in [5.41, 5.74) is 1.16. The highest BCUT2D eigenvalue weighted by Crippen LogP contribution is 2.15. The van der Waals surface area contributed by atoms with Crippen LogP contribution < -0.4 is 5.32 Å². The van der Waals surface area contributed by atoms with Crippen LogP contribution in [-0.2, 0) is 4.74 Å². The molecule has 20 heavy (non-hydrogen) atoms. The first-order valence-corrected chi connectivity index (χ1v) is 6.75. The number of rotatable bonds is 7. The molecule has 1 heterocycles. The summed E-state index contributed by atoms with van der Waals surface area (Å²) in [7, 11) is 0. The molecule has 0 fully saturated rings. The molecule has 1 aromatic heterocycles. The van der Waals surface area contributed by atoms with Gasteiger partial charge >= 0.3 is 0 Å². The summed E-state index contributed by atoms with van der Waals surface area (Å²) >= 11 is 0. The van der Waals surface area contributed by atoms with Gasteiger partial charge in [-0.05, 0) is 31.0 Å². The monoisotopic (exact) mass is 273 g/mol. The Morgan fingerprint density at radius 1 is 1.25 bits per heavy atom. The second-order valence-electron chi connectivity index (χ2n) is 4.51. The Balaban J connectivity index is 1.61. The van der Waals surface area contributed by atoms with Crippen LogP contribution in [0.25, 0.3) is 0 Å². The highest BCUT2D eigenvalue weighted by Gasteiger charge is 2.07. The van der Waals surface area contributed by atoms with Crippen molar-refractivity contribution in [1.82, 2.24) is 5.32 Å². The van der Waals surface area contributed by atoms with Crippen LogP contribution in [0.4, 0.5) is 0 Å². The molecule has 1 N–H and O–H groups in total. The van der Waals surface area contributed by atoms with Crippen LogP contribution in [0.5, 0.6) is 0 Å². The molecule has 0 aliphatic heterocycles. The lowest BCUT2D eigenvalue weighted by Gasteiger charge is -2.13. The Morgan fingerprint density at radius 3 is 2.75 bits per heavy atom. The first-order chi connectivity index (χ1) is 9.77. The quantitative estimate of drug-likeness (QED) is 0.788. The number of nitrogens with one attached hydrogen (secondary N) is 1. The Kier molecular flexibility index (Phi) is 5.38. The fourth-order valence-electron chi connectivity index (χ4n) is 1.85. The summed E-state index contributed by atoms with van der Waals surface area (Å²) in [5.74, 6) is 0.148. The van der Waals surface area contributed by atoms with Crippen molar-refractivity contribution in [2.45, 2.75) is 19.4 Å². The maximum atomic E-state index is 11.6. The van der Waals surface area contributed by atoms with Gasteiger partial charge < -0.3 is 14.5 Å². The van der Waals surface area contributed by atoms with E-state index in [0.29, 0.717) is 18.9 Å². The molecular formula is C16H19NO3. The molecule has 106 valence electrons. The number of carbonyl (C=O) groups excluding carboxylic acids is 1. The Bertz CT molecular complexity index is 508. The van der Waals surface area contributed by atoms with Crippen LogP contribution in [0.1, 0.15) is 35.6 Å². The van der Waals surface area contributed by atoms with Gasteiger partial charge in [-0.15, -0.1) is 0 Å². The molecule has 2 aromatic rings. The van der Waals surface area contributed by atoms with E-state index in [4.69, 9.17) is 9.15 Å². The maximum Gasteiger partial charge on any atom is 0.286 e. The standard InChI is InChI=1S/C16H19NO3/c1-13(14-7-3-2-4-8-14)19-12-6-10-17-16(18)15-9-5-11-20-15/h2-5,7-9,11,13H,6,10,12H2,1H3,(H,17,18). The minimum absolute atomic E-state index is 0.0666. The van der Waals surface area contributed by atoms with E-state index in [0.717, 1.165) is 12.0 Å². The lowest BCUT2D eigenvalue weighted by molar-refractivity contribution is 0.0633. The predicted molar refractivity (Wildman–Crippen MR) is 76.5 cm³/mol. The fourth-order valence-corrected chi connectivity index (χ4v) is 1.85. The van der Waals surface area contributed by atoms with Crippen LogP contribution >= 0.6 is 0 Å². The van der Waals surface area contributed by atoms with Gasteiger partial charge in [-0.2, -0.15) is 0 Å². The zero-order valence-electron chi connectivity index (χ0n) is 11.5. The third-order valence-corrected chi connectivity index (χ3v) is 2.99. The van der Waals surface area contributed by atoms with Gasteiger partial charge in [-0.3, -0.25) is 4.79 Å². The minimum atomic E-state index is -0.189. The summed E-state index contributed by atoms with van der Waals surface area (Å²) in [6, 6.07) is 13.4. The summed E-state index contributed by atoms with van der Waals surface area (Å²) in [4.78, 5) is 11.6. The molecule has 0 bridgehead atoms. The minimum Gasteiger partial charge on any atom is -0.459 e. The lowest BCUT2D eigenvalue weighted by Crippen LogP contribution is -2.24. The van der Waals surface area contributed by atoms with Crippen molar-refractivity contribution in [3.8, 4) is 0 Å². The first kappa shape index (κ1) is 14.3. The van der Waals surface area contributed by atoms with Crippen molar-refractivity contribution in [3.63, 3.8) is 0 Å². The molecule has 0 saturated heterocycles. The van der Waals surface area contributed by atoms with Gasteiger partial charge in [0.25, 0.3) is 5.91 Å². The number of benzene rings is 1. The molecule has 1 amide bonds. The summed E-state index contributed by atoms with van der Waals surface area (Å²) in [6.07, 6.45) is 2.32. The molecule has 0 spiro atoms. The summed E-state index contributed by atoms with van der Waals surface area (Å²) < 4.78 is 10.7. The van der Waals surface area contributed by atoms with E-state index in [2.05, 4.69) is 5.32 Å². The number of carbonyl (C=O) groups is 1. The highest BCUT2D eigenvalue weighted by atomic mass is 16.5. The van der Waals surface area contributed by atoms with E-state index in [-0.39, 0.29) is 12.0 Å². The van der Waals surface area contributed by atoms with Gasteiger partial charge in [-0.1, -0.05) is 30.3 Å². The molecule has 1 atom stereocenters. The molecule has 1 unspecified atom stereocenters. The zero-order chi connectivity index (χ0) is 14.2. The lowest BCUT2D eigenvalue weighted by atomic mass is 10.1. The molecular weight excluding hydrogens is 254 g/mol. The number of furan rings is 1.